The molecule has 1 saturated heterocycles. The maximum Gasteiger partial charge on any atom is 0.255 e. The van der Waals surface area contributed by atoms with Gasteiger partial charge < -0.3 is 9.80 Å². The van der Waals surface area contributed by atoms with Gasteiger partial charge in [0.05, 0.1) is 18.4 Å². The number of para-hydroxylation sites is 1. The summed E-state index contributed by atoms with van der Waals surface area (Å²) in [5.41, 5.74) is 4.01. The van der Waals surface area contributed by atoms with E-state index in [0.29, 0.717) is 25.1 Å². The van der Waals surface area contributed by atoms with Crippen LogP contribution in [0.1, 0.15) is 34.5 Å². The van der Waals surface area contributed by atoms with Crippen LogP contribution >= 0.6 is 0 Å². The number of nitrogens with zero attached hydrogens (tertiary/aromatic N) is 5. The van der Waals surface area contributed by atoms with Gasteiger partial charge in [0, 0.05) is 31.3 Å². The van der Waals surface area contributed by atoms with Gasteiger partial charge >= 0.3 is 0 Å². The molecule has 0 saturated carbocycles. The standard InChI is InChI=1S/C23H22N6O3/c1-27(17-5-3-2-4-6-17)13-16-14-29(26-25-16)18-8-7-15-12-28(23(32)19(15)11-18)20-9-10-21(30)24-22(20)31/h2-8,11,14,20H,9-10,12-13H2,1H3,(H,24,30,31). The van der Waals surface area contributed by atoms with Crippen LogP contribution in [0.5, 0.6) is 0 Å². The zero-order chi connectivity index (χ0) is 22.2. The van der Waals surface area contributed by atoms with E-state index in [2.05, 4.69) is 20.5 Å². The number of aromatic nitrogens is 3. The van der Waals surface area contributed by atoms with Crippen molar-refractivity contribution in [2.24, 2.45) is 0 Å². The summed E-state index contributed by atoms with van der Waals surface area (Å²) in [6, 6.07) is 14.9. The summed E-state index contributed by atoms with van der Waals surface area (Å²) < 4.78 is 1.65. The number of carbonyl (C=O) groups is 3. The molecular formula is C23H22N6O3. The minimum atomic E-state index is -0.623. The molecule has 9 nitrogen and oxygen atoms in total. The Hall–Kier alpha value is -4.01. The zero-order valence-corrected chi connectivity index (χ0v) is 17.6. The highest BCUT2D eigenvalue weighted by Crippen LogP contribution is 2.29. The lowest BCUT2D eigenvalue weighted by molar-refractivity contribution is -0.136. The molecular weight excluding hydrogens is 408 g/mol. The number of rotatable bonds is 5. The van der Waals surface area contributed by atoms with Crippen LogP contribution in [0.2, 0.25) is 0 Å². The lowest BCUT2D eigenvalue weighted by Gasteiger charge is -2.29. The number of carbonyl (C=O) groups excluding carboxylic acids is 3. The predicted molar refractivity (Wildman–Crippen MR) is 116 cm³/mol. The topological polar surface area (TPSA) is 100 Å². The fourth-order valence-electron chi connectivity index (χ4n) is 4.20. The van der Waals surface area contributed by atoms with Gasteiger partial charge in [-0.3, -0.25) is 19.7 Å². The monoisotopic (exact) mass is 430 g/mol. The summed E-state index contributed by atoms with van der Waals surface area (Å²) in [5, 5.41) is 10.8. The highest BCUT2D eigenvalue weighted by molar-refractivity contribution is 6.05. The molecule has 0 bridgehead atoms. The molecule has 1 fully saturated rings. The minimum Gasteiger partial charge on any atom is -0.369 e. The molecule has 1 aromatic heterocycles. The van der Waals surface area contributed by atoms with E-state index in [1.165, 1.54) is 4.90 Å². The first-order valence-electron chi connectivity index (χ1n) is 10.4. The van der Waals surface area contributed by atoms with Crippen molar-refractivity contribution in [3.8, 4) is 5.69 Å². The SMILES string of the molecule is CN(Cc1cn(-c2ccc3c(c2)C(=O)N(C2CCC(=O)NC2=O)C3)nn1)c1ccccc1. The number of hydrogen-bond donors (Lipinski definition) is 1. The highest BCUT2D eigenvalue weighted by atomic mass is 16.2. The van der Waals surface area contributed by atoms with Crippen LogP contribution in [0, 0.1) is 0 Å². The molecule has 2 aromatic carbocycles. The highest BCUT2D eigenvalue weighted by Gasteiger charge is 2.39. The van der Waals surface area contributed by atoms with Crippen molar-refractivity contribution in [1.29, 1.82) is 0 Å². The maximum absolute atomic E-state index is 13.0. The second-order valence-corrected chi connectivity index (χ2v) is 8.09. The van der Waals surface area contributed by atoms with Gasteiger partial charge in [0.2, 0.25) is 11.8 Å². The van der Waals surface area contributed by atoms with Crippen molar-refractivity contribution >= 4 is 23.4 Å². The first-order valence-corrected chi connectivity index (χ1v) is 10.4. The third kappa shape index (κ3) is 3.62. The molecule has 3 heterocycles. The summed E-state index contributed by atoms with van der Waals surface area (Å²) in [6.45, 7) is 0.947. The van der Waals surface area contributed by atoms with Gasteiger partial charge in [-0.05, 0) is 36.2 Å². The van der Waals surface area contributed by atoms with Crippen LogP contribution in [0.25, 0.3) is 5.69 Å². The van der Waals surface area contributed by atoms with Gasteiger partial charge in [-0.1, -0.05) is 29.5 Å². The van der Waals surface area contributed by atoms with Crippen LogP contribution in [0.3, 0.4) is 0 Å². The molecule has 5 rings (SSSR count). The van der Waals surface area contributed by atoms with E-state index in [1.54, 1.807) is 10.7 Å². The van der Waals surface area contributed by atoms with Crippen molar-refractivity contribution in [3.63, 3.8) is 0 Å². The predicted octanol–water partition coefficient (Wildman–Crippen LogP) is 1.66. The molecule has 1 unspecified atom stereocenters. The molecule has 0 spiro atoms. The molecule has 3 aromatic rings. The van der Waals surface area contributed by atoms with Crippen LogP contribution < -0.4 is 10.2 Å². The molecule has 0 radical (unpaired) electrons. The zero-order valence-electron chi connectivity index (χ0n) is 17.6. The van der Waals surface area contributed by atoms with Crippen molar-refractivity contribution in [2.45, 2.75) is 32.0 Å². The summed E-state index contributed by atoms with van der Waals surface area (Å²) in [7, 11) is 1.99. The van der Waals surface area contributed by atoms with E-state index in [-0.39, 0.29) is 18.2 Å². The van der Waals surface area contributed by atoms with Gasteiger partial charge in [-0.25, -0.2) is 4.68 Å². The summed E-state index contributed by atoms with van der Waals surface area (Å²) >= 11 is 0. The van der Waals surface area contributed by atoms with E-state index in [9.17, 15) is 14.4 Å². The number of fused-ring (bicyclic) bond motifs is 1. The van der Waals surface area contributed by atoms with Crippen molar-refractivity contribution in [3.05, 3.63) is 71.5 Å². The van der Waals surface area contributed by atoms with Crippen LogP contribution in [-0.2, 0) is 22.7 Å². The average molecular weight is 430 g/mol. The molecule has 162 valence electrons. The quantitative estimate of drug-likeness (QED) is 0.618. The van der Waals surface area contributed by atoms with Crippen molar-refractivity contribution in [1.82, 2.24) is 25.2 Å². The molecule has 1 atom stereocenters. The Morgan fingerprint density at radius 1 is 1.12 bits per heavy atom. The average Bonchev–Trinajstić information content (AvgIpc) is 3.39. The first kappa shape index (κ1) is 19.9. The van der Waals surface area contributed by atoms with Crippen LogP contribution in [-0.4, -0.2) is 50.7 Å². The number of piperidine rings is 1. The second-order valence-electron chi connectivity index (χ2n) is 8.09. The lowest BCUT2D eigenvalue weighted by Crippen LogP contribution is -2.52. The van der Waals surface area contributed by atoms with E-state index in [1.807, 2.05) is 55.7 Å². The van der Waals surface area contributed by atoms with E-state index < -0.39 is 11.9 Å². The van der Waals surface area contributed by atoms with Crippen LogP contribution in [0.15, 0.2) is 54.7 Å². The van der Waals surface area contributed by atoms with Gasteiger partial charge in [0.15, 0.2) is 0 Å². The Bertz CT molecular complexity index is 1210. The Balaban J connectivity index is 1.33. The van der Waals surface area contributed by atoms with Gasteiger partial charge in [0.1, 0.15) is 11.7 Å². The van der Waals surface area contributed by atoms with Crippen molar-refractivity contribution < 1.29 is 14.4 Å². The number of anilines is 1. The fourth-order valence-corrected chi connectivity index (χ4v) is 4.20. The molecule has 2 aliphatic rings. The number of amides is 3. The van der Waals surface area contributed by atoms with E-state index in [4.69, 9.17) is 0 Å². The number of hydrogen-bond acceptors (Lipinski definition) is 6. The molecule has 0 aliphatic carbocycles. The third-order valence-electron chi connectivity index (χ3n) is 5.91. The number of nitrogens with one attached hydrogen (secondary N) is 1. The molecule has 2 aliphatic heterocycles. The smallest absolute Gasteiger partial charge is 0.255 e. The molecule has 1 N–H and O–H groups in total. The third-order valence-corrected chi connectivity index (χ3v) is 5.91. The Morgan fingerprint density at radius 3 is 2.72 bits per heavy atom. The van der Waals surface area contributed by atoms with E-state index >= 15 is 0 Å². The van der Waals surface area contributed by atoms with Crippen molar-refractivity contribution in [2.75, 3.05) is 11.9 Å². The Morgan fingerprint density at radius 2 is 1.94 bits per heavy atom. The summed E-state index contributed by atoms with van der Waals surface area (Å²) in [4.78, 5) is 40.3. The number of benzene rings is 2. The van der Waals surface area contributed by atoms with E-state index in [0.717, 1.165) is 22.6 Å². The Kier molecular flexibility index (Phi) is 4.93. The van der Waals surface area contributed by atoms with Gasteiger partial charge in [-0.15, -0.1) is 5.10 Å². The largest absolute Gasteiger partial charge is 0.369 e. The number of imide groups is 1. The summed E-state index contributed by atoms with van der Waals surface area (Å²) in [5.74, 6) is -0.913. The second kappa shape index (κ2) is 7.92. The fraction of sp³-hybridized carbons (Fsp3) is 0.261. The van der Waals surface area contributed by atoms with Gasteiger partial charge in [-0.2, -0.15) is 0 Å². The lowest BCUT2D eigenvalue weighted by atomic mass is 10.0. The normalized spacial score (nSPS) is 18.0. The van der Waals surface area contributed by atoms with Gasteiger partial charge in [0.25, 0.3) is 5.91 Å². The molecule has 3 amide bonds. The maximum atomic E-state index is 13.0. The summed E-state index contributed by atoms with van der Waals surface area (Å²) in [6.07, 6.45) is 2.43. The first-order chi connectivity index (χ1) is 15.5. The molecule has 9 heteroatoms. The Labute approximate surface area is 184 Å². The minimum absolute atomic E-state index is 0.208. The van der Waals surface area contributed by atoms with Crippen LogP contribution in [0.4, 0.5) is 5.69 Å². The molecule has 32 heavy (non-hydrogen) atoms.